The van der Waals surface area contributed by atoms with Gasteiger partial charge in [-0.05, 0) is 15.9 Å². The number of hydrogen-bond donors (Lipinski definition) is 0. The van der Waals surface area contributed by atoms with E-state index in [4.69, 9.17) is 12.8 Å². The van der Waals surface area contributed by atoms with Crippen molar-refractivity contribution in [2.24, 2.45) is 5.92 Å². The van der Waals surface area contributed by atoms with E-state index in [1.807, 2.05) is 18.2 Å². The van der Waals surface area contributed by atoms with Crippen LogP contribution >= 0.6 is 0 Å². The molecule has 0 aliphatic heterocycles. The van der Waals surface area contributed by atoms with Crippen molar-refractivity contribution in [1.29, 1.82) is 0 Å². The molecule has 0 nitrogen and oxygen atoms in total. The fraction of sp³-hybridized carbons (Fsp3) is 0.100. The van der Waals surface area contributed by atoms with E-state index in [2.05, 4.69) is 11.8 Å². The zero-order valence-corrected chi connectivity index (χ0v) is 7.59. The predicted molar refractivity (Wildman–Crippen MR) is 51.9 cm³/mol. The summed E-state index contributed by atoms with van der Waals surface area (Å²) in [5.74, 6) is 5.28. The molecule has 1 atom stereocenters. The van der Waals surface area contributed by atoms with Crippen molar-refractivity contribution in [2.75, 3.05) is 0 Å². The molecule has 1 unspecified atom stereocenters. The van der Waals surface area contributed by atoms with Crippen LogP contribution in [0.5, 0.6) is 0 Å². The topological polar surface area (TPSA) is 0 Å². The Morgan fingerprint density at radius 2 is 2.18 bits per heavy atom. The van der Waals surface area contributed by atoms with Gasteiger partial charge in [-0.1, -0.05) is 29.2 Å². The maximum atomic E-state index is 5.32. The summed E-state index contributed by atoms with van der Waals surface area (Å²) in [6.07, 6.45) is 16.4. The van der Waals surface area contributed by atoms with Crippen molar-refractivity contribution in [2.45, 2.75) is 0 Å². The van der Waals surface area contributed by atoms with Crippen molar-refractivity contribution < 1.29 is 0 Å². The van der Waals surface area contributed by atoms with Crippen LogP contribution in [0.25, 0.3) is 0 Å². The second-order valence-corrected chi connectivity index (χ2v) is 3.12. The van der Waals surface area contributed by atoms with E-state index >= 15 is 0 Å². The van der Waals surface area contributed by atoms with Gasteiger partial charge in [-0.25, -0.2) is 0 Å². The van der Waals surface area contributed by atoms with E-state index < -0.39 is 0 Å². The lowest BCUT2D eigenvalue weighted by molar-refractivity contribution is 1.15. The quantitative estimate of drug-likeness (QED) is 0.346. The number of rotatable bonds is 0. The van der Waals surface area contributed by atoms with Crippen molar-refractivity contribution in [3.05, 3.63) is 23.8 Å². The van der Waals surface area contributed by atoms with Crippen LogP contribution in [0.15, 0.2) is 23.8 Å². The highest BCUT2D eigenvalue weighted by Gasteiger charge is 2.12. The van der Waals surface area contributed by atoms with Gasteiger partial charge in [0, 0.05) is 5.57 Å². The van der Waals surface area contributed by atoms with Crippen LogP contribution in [0.4, 0.5) is 0 Å². The zero-order valence-electron chi connectivity index (χ0n) is 6.17. The van der Waals surface area contributed by atoms with Gasteiger partial charge in [0.25, 0.3) is 0 Å². The monoisotopic (exact) mass is 156 g/mol. The minimum absolute atomic E-state index is 0.0309. The molecule has 0 saturated carbocycles. The lowest BCUT2D eigenvalue weighted by Gasteiger charge is -2.13. The molecule has 0 fully saturated rings. The first-order valence-corrected chi connectivity index (χ1v) is 4.00. The summed E-state index contributed by atoms with van der Waals surface area (Å²) >= 11 is 0. The second kappa shape index (κ2) is 3.19. The van der Waals surface area contributed by atoms with Crippen molar-refractivity contribution in [3.63, 3.8) is 0 Å². The average Bonchev–Trinajstić information content (AvgIpc) is 2.04. The molecular formula is C10H8Si. The van der Waals surface area contributed by atoms with Crippen LogP contribution in [0, 0.1) is 30.6 Å². The van der Waals surface area contributed by atoms with Gasteiger partial charge < -0.3 is 0 Å². The van der Waals surface area contributed by atoms with Gasteiger partial charge >= 0.3 is 0 Å². The van der Waals surface area contributed by atoms with Gasteiger partial charge in [-0.15, -0.1) is 12.8 Å². The molecule has 0 aromatic carbocycles. The summed E-state index contributed by atoms with van der Waals surface area (Å²) in [6.45, 7) is 0. The Kier molecular flexibility index (Phi) is 2.26. The van der Waals surface area contributed by atoms with Crippen LogP contribution in [0.1, 0.15) is 0 Å². The fourth-order valence-electron chi connectivity index (χ4n) is 0.996. The number of allylic oxidation sites excluding steroid dienone is 4. The molecule has 0 spiro atoms. The SMILES string of the molecule is C#CC1=CC=CC(=[SiH2])C1C#C. The maximum absolute atomic E-state index is 5.32. The molecule has 0 bridgehead atoms. The van der Waals surface area contributed by atoms with Crippen LogP contribution in [-0.2, 0) is 0 Å². The summed E-state index contributed by atoms with van der Waals surface area (Å²) in [7, 11) is 1.79. The Balaban J connectivity index is 3.05. The van der Waals surface area contributed by atoms with Crippen molar-refractivity contribution in [1.82, 2.24) is 0 Å². The third-order valence-corrected chi connectivity index (χ3v) is 2.25. The van der Waals surface area contributed by atoms with Gasteiger partial charge in [0.05, 0.1) is 5.92 Å². The summed E-state index contributed by atoms with van der Waals surface area (Å²) in [4.78, 5) is 0. The van der Waals surface area contributed by atoms with E-state index in [9.17, 15) is 0 Å². The first kappa shape index (κ1) is 7.79. The molecular weight excluding hydrogens is 148 g/mol. The molecule has 1 rings (SSSR count). The van der Waals surface area contributed by atoms with Crippen molar-refractivity contribution >= 4 is 15.0 Å². The molecule has 0 aromatic rings. The van der Waals surface area contributed by atoms with Gasteiger partial charge in [-0.3, -0.25) is 0 Å². The Morgan fingerprint density at radius 3 is 2.64 bits per heavy atom. The van der Waals surface area contributed by atoms with E-state index in [1.165, 1.54) is 5.17 Å². The number of hydrogen-bond acceptors (Lipinski definition) is 0. The zero-order chi connectivity index (χ0) is 8.27. The Bertz CT molecular complexity index is 318. The standard InChI is InChI=1S/C10H8Si/c1-3-8-6-5-7-10(11)9(8)4-2/h1-2,5-7,9H,11H2. The molecule has 1 heteroatoms. The fourth-order valence-corrected chi connectivity index (χ4v) is 1.47. The largest absolute Gasteiger partial charge is 0.119 e. The van der Waals surface area contributed by atoms with E-state index in [1.54, 1.807) is 9.85 Å². The first-order chi connectivity index (χ1) is 5.29. The third kappa shape index (κ3) is 1.39. The van der Waals surface area contributed by atoms with Crippen LogP contribution in [0.3, 0.4) is 0 Å². The summed E-state index contributed by atoms with van der Waals surface area (Å²) in [5.41, 5.74) is 0.889. The van der Waals surface area contributed by atoms with Gasteiger partial charge in [-0.2, -0.15) is 0 Å². The third-order valence-electron chi connectivity index (χ3n) is 1.60. The Labute approximate surface area is 70.0 Å². The van der Waals surface area contributed by atoms with Crippen molar-refractivity contribution in [3.8, 4) is 24.7 Å². The highest BCUT2D eigenvalue weighted by molar-refractivity contribution is 6.44. The molecule has 0 N–H and O–H groups in total. The molecule has 11 heavy (non-hydrogen) atoms. The van der Waals surface area contributed by atoms with E-state index in [0.29, 0.717) is 0 Å². The predicted octanol–water partition coefficient (Wildman–Crippen LogP) is 0.171. The Morgan fingerprint density at radius 1 is 1.45 bits per heavy atom. The van der Waals surface area contributed by atoms with Gasteiger partial charge in [0.1, 0.15) is 0 Å². The Hall–Kier alpha value is -1.31. The smallest absolute Gasteiger partial charge is 0.0729 e. The normalized spacial score (nSPS) is 21.8. The van der Waals surface area contributed by atoms with E-state index in [0.717, 1.165) is 5.57 Å². The highest BCUT2D eigenvalue weighted by atomic mass is 28.1. The highest BCUT2D eigenvalue weighted by Crippen LogP contribution is 2.14. The molecule has 52 valence electrons. The molecule has 0 heterocycles. The average molecular weight is 156 g/mol. The van der Waals surface area contributed by atoms with Crippen LogP contribution in [0.2, 0.25) is 0 Å². The number of terminal acetylenes is 2. The minimum atomic E-state index is 0.0309. The van der Waals surface area contributed by atoms with Gasteiger partial charge in [0.15, 0.2) is 0 Å². The van der Waals surface area contributed by atoms with Crippen LogP contribution < -0.4 is 0 Å². The molecule has 1 aliphatic rings. The molecule has 0 radical (unpaired) electrons. The summed E-state index contributed by atoms with van der Waals surface area (Å²) in [5, 5.41) is 1.17. The minimum Gasteiger partial charge on any atom is -0.119 e. The lowest BCUT2D eigenvalue weighted by Crippen LogP contribution is -2.14. The first-order valence-electron chi connectivity index (χ1n) is 3.29. The molecule has 0 aromatic heterocycles. The summed E-state index contributed by atoms with van der Waals surface area (Å²) < 4.78 is 0. The summed E-state index contributed by atoms with van der Waals surface area (Å²) in [6, 6.07) is 0. The van der Waals surface area contributed by atoms with Gasteiger partial charge in [0.2, 0.25) is 0 Å². The van der Waals surface area contributed by atoms with E-state index in [-0.39, 0.29) is 5.92 Å². The second-order valence-electron chi connectivity index (χ2n) is 2.30. The lowest BCUT2D eigenvalue weighted by atomic mass is 9.93. The molecule has 0 saturated heterocycles. The molecule has 1 aliphatic carbocycles. The van der Waals surface area contributed by atoms with Crippen LogP contribution in [-0.4, -0.2) is 15.0 Å². The maximum Gasteiger partial charge on any atom is 0.0729 e. The molecule has 0 amide bonds.